The zero-order valence-electron chi connectivity index (χ0n) is 16.0. The first-order chi connectivity index (χ1) is 13.5. The lowest BCUT2D eigenvalue weighted by molar-refractivity contribution is -0.698. The molecule has 0 aliphatic heterocycles. The molecule has 0 aliphatic carbocycles. The minimum absolute atomic E-state index is 0.0918. The van der Waals surface area contributed by atoms with Crippen molar-refractivity contribution in [3.05, 3.63) is 23.5 Å². The maximum absolute atomic E-state index is 11.1. The van der Waals surface area contributed by atoms with Crippen LogP contribution in [-0.2, 0) is 33.8 Å². The molecule has 0 amide bonds. The number of aliphatic carboxylic acids is 3. The molecular weight excluding hydrogens is 384 g/mol. The largest absolute Gasteiger partial charge is 0.548 e. The molecule has 3 atom stereocenters. The molecule has 162 valence electrons. The average Bonchev–Trinajstić information content (AvgIpc) is 2.64. The number of aryl methyl sites for hydroxylation is 2. The Bertz CT molecular complexity index is 741. The zero-order valence-corrected chi connectivity index (χ0v) is 16.0. The summed E-state index contributed by atoms with van der Waals surface area (Å²) in [5, 5.41) is 39.0. The molecule has 0 aromatic carbocycles. The van der Waals surface area contributed by atoms with Gasteiger partial charge in [-0.25, -0.2) is 4.57 Å². The molecule has 0 radical (unpaired) electrons. The first-order valence-corrected chi connectivity index (χ1v) is 9.20. The molecule has 11 heteroatoms. The number of aromatic nitrogens is 1. The summed E-state index contributed by atoms with van der Waals surface area (Å²) in [6.45, 7) is 0.441. The maximum atomic E-state index is 11.1. The lowest BCUT2D eigenvalue weighted by atomic mass is 9.96. The fraction of sp³-hybridized carbons (Fsp3) is 0.556. The van der Waals surface area contributed by atoms with Crippen LogP contribution in [-0.4, -0.2) is 51.4 Å². The number of rotatable bonds is 13. The fourth-order valence-corrected chi connectivity index (χ4v) is 2.81. The van der Waals surface area contributed by atoms with E-state index in [4.69, 9.17) is 27.4 Å². The summed E-state index contributed by atoms with van der Waals surface area (Å²) in [6, 6.07) is -3.37. The van der Waals surface area contributed by atoms with E-state index >= 15 is 0 Å². The van der Waals surface area contributed by atoms with Crippen molar-refractivity contribution in [3.63, 3.8) is 0 Å². The van der Waals surface area contributed by atoms with Crippen LogP contribution in [0.3, 0.4) is 0 Å². The molecular formula is C18H28N4O7. The Kier molecular flexibility index (Phi) is 9.45. The van der Waals surface area contributed by atoms with Gasteiger partial charge in [-0.05, 0) is 25.7 Å². The Balaban J connectivity index is 2.94. The summed E-state index contributed by atoms with van der Waals surface area (Å²) in [6.07, 6.45) is 4.62. The van der Waals surface area contributed by atoms with Crippen LogP contribution in [0.5, 0.6) is 5.75 Å². The Morgan fingerprint density at radius 1 is 0.966 bits per heavy atom. The highest BCUT2D eigenvalue weighted by molar-refractivity contribution is 5.74. The number of carboxylic acids is 3. The Hall–Kier alpha value is -2.76. The van der Waals surface area contributed by atoms with Gasteiger partial charge in [0.05, 0.1) is 5.97 Å². The zero-order chi connectivity index (χ0) is 22.1. The molecule has 1 rings (SSSR count). The van der Waals surface area contributed by atoms with Gasteiger partial charge in [-0.2, -0.15) is 0 Å². The Labute approximate surface area is 167 Å². The molecule has 0 saturated carbocycles. The van der Waals surface area contributed by atoms with Gasteiger partial charge < -0.3 is 42.4 Å². The van der Waals surface area contributed by atoms with Gasteiger partial charge in [0.15, 0.2) is 11.9 Å². The second kappa shape index (κ2) is 11.3. The van der Waals surface area contributed by atoms with Gasteiger partial charge in [0.2, 0.25) is 6.20 Å². The number of aromatic hydroxyl groups is 1. The van der Waals surface area contributed by atoms with E-state index in [2.05, 4.69) is 0 Å². The van der Waals surface area contributed by atoms with Crippen LogP contribution < -0.4 is 26.9 Å². The number of pyridine rings is 1. The Morgan fingerprint density at radius 3 is 2.14 bits per heavy atom. The molecule has 0 fully saturated rings. The van der Waals surface area contributed by atoms with Crippen molar-refractivity contribution in [2.45, 2.75) is 63.2 Å². The van der Waals surface area contributed by atoms with Crippen LogP contribution >= 0.6 is 0 Å². The molecule has 1 aromatic rings. The minimum atomic E-state index is -1.31. The number of carbonyl (C=O) groups is 3. The number of carboxylic acid groups (broad SMARTS) is 3. The molecule has 29 heavy (non-hydrogen) atoms. The predicted octanol–water partition coefficient (Wildman–Crippen LogP) is -2.77. The molecule has 0 saturated heterocycles. The third-order valence-electron chi connectivity index (χ3n) is 4.57. The monoisotopic (exact) mass is 412 g/mol. The number of carbonyl (C=O) groups excluding carboxylic acids is 1. The van der Waals surface area contributed by atoms with E-state index in [0.29, 0.717) is 30.5 Å². The van der Waals surface area contributed by atoms with Crippen molar-refractivity contribution in [2.75, 3.05) is 0 Å². The second-order valence-electron chi connectivity index (χ2n) is 6.94. The molecule has 0 unspecified atom stereocenters. The first kappa shape index (κ1) is 24.3. The van der Waals surface area contributed by atoms with E-state index < -0.39 is 36.0 Å². The van der Waals surface area contributed by atoms with Gasteiger partial charge in [0.1, 0.15) is 18.6 Å². The van der Waals surface area contributed by atoms with Gasteiger partial charge in [-0.1, -0.05) is 0 Å². The third-order valence-corrected chi connectivity index (χ3v) is 4.57. The fourth-order valence-electron chi connectivity index (χ4n) is 2.81. The summed E-state index contributed by atoms with van der Waals surface area (Å²) in [7, 11) is 0. The summed E-state index contributed by atoms with van der Waals surface area (Å²) < 4.78 is 1.66. The molecule has 11 nitrogen and oxygen atoms in total. The molecule has 9 N–H and O–H groups in total. The van der Waals surface area contributed by atoms with Crippen molar-refractivity contribution in [1.82, 2.24) is 0 Å². The number of nitrogens with zero attached hydrogens (tertiary/aromatic N) is 1. The van der Waals surface area contributed by atoms with Gasteiger partial charge in [-0.15, -0.1) is 0 Å². The van der Waals surface area contributed by atoms with Crippen LogP contribution in [0, 0.1) is 0 Å². The molecule has 0 bridgehead atoms. The predicted molar refractivity (Wildman–Crippen MR) is 98.4 cm³/mol. The first-order valence-electron chi connectivity index (χ1n) is 9.20. The normalized spacial score (nSPS) is 14.2. The summed E-state index contributed by atoms with van der Waals surface area (Å²) in [4.78, 5) is 32.6. The van der Waals surface area contributed by atoms with Crippen molar-refractivity contribution >= 4 is 17.9 Å². The van der Waals surface area contributed by atoms with Crippen LogP contribution in [0.2, 0.25) is 0 Å². The second-order valence-corrected chi connectivity index (χ2v) is 6.94. The highest BCUT2D eigenvalue weighted by Crippen LogP contribution is 2.22. The number of hydrogen-bond acceptors (Lipinski definition) is 8. The molecule has 1 aromatic heterocycles. The van der Waals surface area contributed by atoms with Crippen molar-refractivity contribution < 1.29 is 39.4 Å². The van der Waals surface area contributed by atoms with E-state index in [9.17, 15) is 24.6 Å². The third kappa shape index (κ3) is 8.02. The number of unbranched alkanes of at least 4 members (excludes halogenated alkanes) is 1. The molecule has 0 aliphatic rings. The van der Waals surface area contributed by atoms with E-state index in [1.807, 2.05) is 0 Å². The van der Waals surface area contributed by atoms with Crippen LogP contribution in [0.15, 0.2) is 12.4 Å². The van der Waals surface area contributed by atoms with Gasteiger partial charge in [0.25, 0.3) is 0 Å². The topological polar surface area (TPSA) is 217 Å². The molecule has 0 spiro atoms. The average molecular weight is 412 g/mol. The van der Waals surface area contributed by atoms with E-state index in [0.717, 1.165) is 0 Å². The smallest absolute Gasteiger partial charge is 0.320 e. The van der Waals surface area contributed by atoms with Gasteiger partial charge in [-0.3, -0.25) is 9.59 Å². The maximum Gasteiger partial charge on any atom is 0.320 e. The Morgan fingerprint density at radius 2 is 1.59 bits per heavy atom. The van der Waals surface area contributed by atoms with E-state index in [-0.39, 0.29) is 31.4 Å². The highest BCUT2D eigenvalue weighted by Gasteiger charge is 2.22. The number of nitrogens with two attached hydrogens (primary N) is 3. The summed E-state index contributed by atoms with van der Waals surface area (Å²) in [5.41, 5.74) is 17.4. The molecule has 1 heterocycles. The van der Waals surface area contributed by atoms with Crippen molar-refractivity contribution in [3.8, 4) is 5.75 Å². The van der Waals surface area contributed by atoms with Crippen molar-refractivity contribution in [1.29, 1.82) is 0 Å². The standard InChI is InChI=1S/C18H28N4O7/c19-12(16(24)25)3-1-2-6-22-8-10(4-5-13(20)17(26)27)11(15(23)9-22)7-14(21)18(28)29/h8-9,12-14H,1-7,19-21H2,(H3-,23,24,25,26,27,28,29)/t12-,13+,14+/m0/s1. The van der Waals surface area contributed by atoms with Crippen LogP contribution in [0.1, 0.15) is 36.8 Å². The summed E-state index contributed by atoms with van der Waals surface area (Å²) >= 11 is 0. The van der Waals surface area contributed by atoms with E-state index in [1.54, 1.807) is 10.8 Å². The van der Waals surface area contributed by atoms with Gasteiger partial charge >= 0.3 is 11.9 Å². The van der Waals surface area contributed by atoms with Gasteiger partial charge in [0, 0.05) is 30.0 Å². The SMILES string of the molecule is N[C@H](CCc1c[n+](CCCC[C@H](N)C(=O)[O-])cc(O)c1C[C@@H](N)C(=O)O)C(=O)O. The lowest BCUT2D eigenvalue weighted by Crippen LogP contribution is -2.42. The quantitative estimate of drug-likeness (QED) is 0.145. The lowest BCUT2D eigenvalue weighted by Gasteiger charge is -2.14. The van der Waals surface area contributed by atoms with Crippen LogP contribution in [0.4, 0.5) is 0 Å². The summed E-state index contributed by atoms with van der Waals surface area (Å²) in [5.74, 6) is -3.86. The van der Waals surface area contributed by atoms with E-state index in [1.165, 1.54) is 6.20 Å². The minimum Gasteiger partial charge on any atom is -0.548 e. The van der Waals surface area contributed by atoms with Crippen molar-refractivity contribution in [2.24, 2.45) is 17.2 Å². The highest BCUT2D eigenvalue weighted by atomic mass is 16.4. The number of hydrogen-bond donors (Lipinski definition) is 6. The van der Waals surface area contributed by atoms with Crippen LogP contribution in [0.25, 0.3) is 0 Å².